The number of ether oxygens (including phenoxy) is 2. The van der Waals surface area contributed by atoms with E-state index in [1.165, 1.54) is 51.4 Å². The Morgan fingerprint density at radius 3 is 1.59 bits per heavy atom. The minimum atomic E-state index is -0.430. The lowest BCUT2D eigenvalue weighted by atomic mass is 10.0. The molecule has 0 fully saturated rings. The average molecular weight is 587 g/mol. The zero-order chi connectivity index (χ0) is 30.8. The summed E-state index contributed by atoms with van der Waals surface area (Å²) in [5.41, 5.74) is 4.67. The van der Waals surface area contributed by atoms with Crippen molar-refractivity contribution in [1.82, 2.24) is 0 Å². The van der Waals surface area contributed by atoms with Crippen LogP contribution in [-0.4, -0.2) is 18.5 Å². The first kappa shape index (κ1) is 32.3. The second kappa shape index (κ2) is 18.1. The molecule has 0 radical (unpaired) electrons. The van der Waals surface area contributed by atoms with Gasteiger partial charge in [-0.2, -0.15) is 0 Å². The van der Waals surface area contributed by atoms with E-state index in [0.29, 0.717) is 23.5 Å². The van der Waals surface area contributed by atoms with Crippen LogP contribution in [0.3, 0.4) is 0 Å². The second-order valence-corrected chi connectivity index (χ2v) is 11.0. The summed E-state index contributed by atoms with van der Waals surface area (Å²) >= 11 is 0. The molecule has 0 bridgehead atoms. The third-order valence-corrected chi connectivity index (χ3v) is 7.50. The van der Waals surface area contributed by atoms with Gasteiger partial charge >= 0.3 is 11.9 Å². The number of unbranched alkanes of at least 4 members (excludes halogenated alkanes) is 9. The molecule has 0 spiro atoms. The topological polar surface area (TPSA) is 52.6 Å². The summed E-state index contributed by atoms with van der Waals surface area (Å²) in [6.07, 6.45) is 12.5. The summed E-state index contributed by atoms with van der Waals surface area (Å²) in [7, 11) is 0. The van der Waals surface area contributed by atoms with Crippen LogP contribution >= 0.6 is 0 Å². The average Bonchev–Trinajstić information content (AvgIpc) is 3.07. The second-order valence-electron chi connectivity index (χ2n) is 11.0. The van der Waals surface area contributed by atoms with Crippen molar-refractivity contribution in [3.63, 3.8) is 0 Å². The van der Waals surface area contributed by atoms with E-state index in [4.69, 9.17) is 9.47 Å². The van der Waals surface area contributed by atoms with Crippen LogP contribution in [-0.2, 0) is 4.74 Å². The molecule has 226 valence electrons. The molecule has 4 heteroatoms. The van der Waals surface area contributed by atoms with Gasteiger partial charge in [0.15, 0.2) is 0 Å². The van der Waals surface area contributed by atoms with Crippen molar-refractivity contribution in [3.05, 3.63) is 125 Å². The largest absolute Gasteiger partial charge is 0.462 e. The van der Waals surface area contributed by atoms with Gasteiger partial charge in [-0.05, 0) is 78.2 Å². The fourth-order valence-corrected chi connectivity index (χ4v) is 4.87. The molecule has 0 aliphatic carbocycles. The molecule has 0 heterocycles. The number of hydrogen-bond acceptors (Lipinski definition) is 4. The normalized spacial score (nSPS) is 10.5. The van der Waals surface area contributed by atoms with E-state index >= 15 is 0 Å². The Bertz CT molecular complexity index is 1490. The van der Waals surface area contributed by atoms with Crippen LogP contribution in [0.1, 0.15) is 103 Å². The first-order valence-electron chi connectivity index (χ1n) is 15.9. The Morgan fingerprint density at radius 1 is 0.523 bits per heavy atom. The van der Waals surface area contributed by atoms with Crippen molar-refractivity contribution in [1.29, 1.82) is 0 Å². The van der Waals surface area contributed by atoms with Crippen molar-refractivity contribution in [2.75, 3.05) is 6.61 Å². The lowest BCUT2D eigenvalue weighted by molar-refractivity contribution is 0.0497. The number of rotatable bonds is 15. The standard InChI is InChI=1S/C40H42O4/c1-2-3-4-5-6-7-8-9-10-14-31-43-39(41)36-25-23-34(24-26-36)35-27-29-38(30-28-35)44-40(42)37-21-19-33(20-22-37)18-17-32-15-12-11-13-16-32/h11-13,15-16,19-30H,2-10,14,31H2,1H3. The number of hydrogen-bond donors (Lipinski definition) is 0. The van der Waals surface area contributed by atoms with Crippen LogP contribution < -0.4 is 4.74 Å². The van der Waals surface area contributed by atoms with Crippen molar-refractivity contribution in [3.8, 4) is 28.7 Å². The Labute approximate surface area is 262 Å². The summed E-state index contributed by atoms with van der Waals surface area (Å²) in [5, 5.41) is 0. The molecule has 0 aromatic heterocycles. The molecule has 0 atom stereocenters. The summed E-state index contributed by atoms with van der Waals surface area (Å²) < 4.78 is 11.0. The molecule has 4 nitrogen and oxygen atoms in total. The van der Waals surface area contributed by atoms with Crippen LogP contribution in [0.4, 0.5) is 0 Å². The fraction of sp³-hybridized carbons (Fsp3) is 0.300. The van der Waals surface area contributed by atoms with Gasteiger partial charge in [-0.1, -0.05) is 119 Å². The summed E-state index contributed by atoms with van der Waals surface area (Å²) in [6.45, 7) is 2.71. The number of carbonyl (C=O) groups is 2. The van der Waals surface area contributed by atoms with Crippen LogP contribution in [0.15, 0.2) is 103 Å². The first-order valence-corrected chi connectivity index (χ1v) is 15.9. The van der Waals surface area contributed by atoms with Gasteiger partial charge in [-0.25, -0.2) is 9.59 Å². The maximum absolute atomic E-state index is 12.7. The highest BCUT2D eigenvalue weighted by atomic mass is 16.5. The number of benzene rings is 4. The molecule has 4 aromatic rings. The van der Waals surface area contributed by atoms with Gasteiger partial charge in [0.05, 0.1) is 17.7 Å². The van der Waals surface area contributed by atoms with Gasteiger partial charge in [0.25, 0.3) is 0 Å². The Hall–Kier alpha value is -4.62. The van der Waals surface area contributed by atoms with Crippen LogP contribution in [0.5, 0.6) is 5.75 Å². The zero-order valence-corrected chi connectivity index (χ0v) is 25.7. The van der Waals surface area contributed by atoms with E-state index in [-0.39, 0.29) is 5.97 Å². The maximum Gasteiger partial charge on any atom is 0.343 e. The Morgan fingerprint density at radius 2 is 1.00 bits per heavy atom. The van der Waals surface area contributed by atoms with Gasteiger partial charge in [0.2, 0.25) is 0 Å². The molecule has 0 amide bonds. The highest BCUT2D eigenvalue weighted by Gasteiger charge is 2.10. The van der Waals surface area contributed by atoms with E-state index in [0.717, 1.165) is 35.1 Å². The highest BCUT2D eigenvalue weighted by molar-refractivity contribution is 5.91. The fourth-order valence-electron chi connectivity index (χ4n) is 4.87. The van der Waals surface area contributed by atoms with Crippen molar-refractivity contribution in [2.45, 2.75) is 71.1 Å². The predicted octanol–water partition coefficient (Wildman–Crippen LogP) is 10.1. The van der Waals surface area contributed by atoms with E-state index in [2.05, 4.69) is 18.8 Å². The molecule has 0 unspecified atom stereocenters. The summed E-state index contributed by atoms with van der Waals surface area (Å²) in [4.78, 5) is 25.1. The Kier molecular flexibility index (Phi) is 13.3. The number of carbonyl (C=O) groups excluding carboxylic acids is 2. The molecule has 4 rings (SSSR count). The highest BCUT2D eigenvalue weighted by Crippen LogP contribution is 2.24. The molecular weight excluding hydrogens is 544 g/mol. The van der Waals surface area contributed by atoms with Crippen LogP contribution in [0.2, 0.25) is 0 Å². The van der Waals surface area contributed by atoms with Gasteiger partial charge < -0.3 is 9.47 Å². The molecule has 0 aliphatic rings. The quantitative estimate of drug-likeness (QED) is 0.0602. The molecule has 44 heavy (non-hydrogen) atoms. The first-order chi connectivity index (χ1) is 21.6. The molecular formula is C40H42O4. The molecule has 0 aliphatic heterocycles. The van der Waals surface area contributed by atoms with Crippen LogP contribution in [0.25, 0.3) is 11.1 Å². The monoisotopic (exact) mass is 586 g/mol. The van der Waals surface area contributed by atoms with E-state index in [9.17, 15) is 9.59 Å². The SMILES string of the molecule is CCCCCCCCCCCCOC(=O)c1ccc(-c2ccc(OC(=O)c3ccc(C#Cc4ccccc4)cc3)cc2)cc1. The summed E-state index contributed by atoms with van der Waals surface area (Å²) in [6, 6.07) is 31.5. The van der Waals surface area contributed by atoms with Gasteiger partial charge in [0.1, 0.15) is 5.75 Å². The smallest absolute Gasteiger partial charge is 0.343 e. The van der Waals surface area contributed by atoms with E-state index < -0.39 is 5.97 Å². The van der Waals surface area contributed by atoms with Gasteiger partial charge in [-0.15, -0.1) is 0 Å². The molecule has 0 saturated carbocycles. The lowest BCUT2D eigenvalue weighted by Crippen LogP contribution is -2.08. The minimum Gasteiger partial charge on any atom is -0.462 e. The third kappa shape index (κ3) is 10.9. The van der Waals surface area contributed by atoms with E-state index in [1.807, 2.05) is 66.7 Å². The van der Waals surface area contributed by atoms with Crippen molar-refractivity contribution >= 4 is 11.9 Å². The van der Waals surface area contributed by atoms with Gasteiger partial charge in [-0.3, -0.25) is 0 Å². The van der Waals surface area contributed by atoms with Gasteiger partial charge in [0, 0.05) is 11.1 Å². The predicted molar refractivity (Wildman–Crippen MR) is 178 cm³/mol. The third-order valence-electron chi connectivity index (χ3n) is 7.50. The maximum atomic E-state index is 12.7. The van der Waals surface area contributed by atoms with E-state index in [1.54, 1.807) is 36.4 Å². The zero-order valence-electron chi connectivity index (χ0n) is 25.7. The van der Waals surface area contributed by atoms with Crippen LogP contribution in [0, 0.1) is 11.8 Å². The number of esters is 2. The Balaban J connectivity index is 1.18. The van der Waals surface area contributed by atoms with Crippen molar-refractivity contribution in [2.24, 2.45) is 0 Å². The lowest BCUT2D eigenvalue weighted by Gasteiger charge is -2.08. The van der Waals surface area contributed by atoms with Crippen molar-refractivity contribution < 1.29 is 19.1 Å². The summed E-state index contributed by atoms with van der Waals surface area (Å²) in [5.74, 6) is 5.96. The minimum absolute atomic E-state index is 0.286. The molecule has 0 N–H and O–H groups in total. The molecule has 4 aromatic carbocycles. The molecule has 0 saturated heterocycles.